The number of rotatable bonds is 3. The molecule has 0 bridgehead atoms. The number of Topliss-reactive ketones (excluding diaryl/α,β-unsaturated/α-hetero) is 1. The molecule has 0 saturated carbocycles. The number of hydrogen-bond acceptors (Lipinski definition) is 3. The molecule has 0 spiro atoms. The highest BCUT2D eigenvalue weighted by molar-refractivity contribution is 6.13. The lowest BCUT2D eigenvalue weighted by Gasteiger charge is -2.30. The molecule has 0 amide bonds. The minimum absolute atomic E-state index is 0.184. The van der Waals surface area contributed by atoms with Crippen LogP contribution >= 0.6 is 11.8 Å². The fraction of sp³-hybridized carbons (Fsp3) is 0.417. The van der Waals surface area contributed by atoms with Gasteiger partial charge in [0.15, 0.2) is 5.78 Å². The number of carbonyl (C=O) groups is 1. The van der Waals surface area contributed by atoms with Crippen molar-refractivity contribution in [3.63, 3.8) is 0 Å². The van der Waals surface area contributed by atoms with Gasteiger partial charge in [-0.25, -0.2) is 4.42 Å². The molecule has 2 rings (SSSR count). The zero-order valence-electron chi connectivity index (χ0n) is 9.10. The van der Waals surface area contributed by atoms with Gasteiger partial charge in [-0.1, -0.05) is 30.3 Å². The van der Waals surface area contributed by atoms with Gasteiger partial charge >= 0.3 is 0 Å². The number of ketones is 1. The molecule has 1 fully saturated rings. The van der Waals surface area contributed by atoms with Gasteiger partial charge in [0.05, 0.1) is 6.54 Å². The molecule has 0 atom stereocenters. The van der Waals surface area contributed by atoms with Crippen LogP contribution in [0.25, 0.3) is 0 Å². The fourth-order valence-corrected chi connectivity index (χ4v) is 1.95. The van der Waals surface area contributed by atoms with Crippen molar-refractivity contribution in [1.82, 2.24) is 9.32 Å². The van der Waals surface area contributed by atoms with Gasteiger partial charge in [-0.2, -0.15) is 0 Å². The van der Waals surface area contributed by atoms with Crippen molar-refractivity contribution in [2.45, 2.75) is 0 Å². The summed E-state index contributed by atoms with van der Waals surface area (Å²) in [5, 5.41) is 0. The number of hydrogen-bond donors (Lipinski definition) is 0. The average molecular weight is 239 g/mol. The van der Waals surface area contributed by atoms with Crippen LogP contribution in [0.3, 0.4) is 0 Å². The Labute approximate surface area is 101 Å². The Bertz CT molecular complexity index is 347. The maximum atomic E-state index is 11.9. The Kier molecular flexibility index (Phi) is 3.93. The Morgan fingerprint density at radius 3 is 2.38 bits per heavy atom. The molecular weight excluding hydrogens is 224 g/mol. The van der Waals surface area contributed by atoms with Gasteiger partial charge in [-0.3, -0.25) is 9.69 Å². The highest BCUT2D eigenvalue weighted by Gasteiger charge is 2.17. The summed E-state index contributed by atoms with van der Waals surface area (Å²) in [5.74, 6) is 0.184. The maximum Gasteiger partial charge on any atom is 0.176 e. The van der Waals surface area contributed by atoms with Crippen LogP contribution in [0.2, 0.25) is 0 Å². The summed E-state index contributed by atoms with van der Waals surface area (Å²) in [4.78, 5) is 14.1. The summed E-state index contributed by atoms with van der Waals surface area (Å²) in [7, 11) is 0. The lowest BCUT2D eigenvalue weighted by molar-refractivity contribution is 0.0902. The van der Waals surface area contributed by atoms with Gasteiger partial charge in [-0.15, -0.1) is 0 Å². The Morgan fingerprint density at radius 1 is 1.12 bits per heavy atom. The molecule has 1 heterocycles. The molecule has 0 N–H and O–H groups in total. The molecule has 1 aliphatic rings. The van der Waals surface area contributed by atoms with E-state index in [1.807, 2.05) is 30.3 Å². The molecule has 1 saturated heterocycles. The number of piperazine rings is 1. The Morgan fingerprint density at radius 2 is 1.75 bits per heavy atom. The number of nitrogens with zero attached hydrogens (tertiary/aromatic N) is 2. The zero-order chi connectivity index (χ0) is 11.4. The van der Waals surface area contributed by atoms with Gasteiger partial charge in [0.1, 0.15) is 0 Å². The number of carbonyl (C=O) groups excluding carboxylic acids is 1. The third-order valence-electron chi connectivity index (χ3n) is 2.78. The molecule has 1 aromatic rings. The van der Waals surface area contributed by atoms with Crippen LogP contribution < -0.4 is 0 Å². The summed E-state index contributed by atoms with van der Waals surface area (Å²) in [6.45, 7) is 3.87. The number of benzene rings is 1. The van der Waals surface area contributed by atoms with Crippen LogP contribution in [-0.4, -0.2) is 47.8 Å². The van der Waals surface area contributed by atoms with E-state index in [1.165, 1.54) is 0 Å². The summed E-state index contributed by atoms with van der Waals surface area (Å²) in [6, 6.07) is 9.43. The monoisotopic (exact) mass is 238 g/mol. The van der Waals surface area contributed by atoms with Crippen molar-refractivity contribution >= 4 is 17.6 Å². The van der Waals surface area contributed by atoms with E-state index in [-0.39, 0.29) is 5.78 Å². The van der Waals surface area contributed by atoms with E-state index in [1.54, 1.807) is 4.42 Å². The molecule has 1 aliphatic heterocycles. The third-order valence-corrected chi connectivity index (χ3v) is 3.12. The van der Waals surface area contributed by atoms with Crippen LogP contribution in [0.1, 0.15) is 10.4 Å². The quantitative estimate of drug-likeness (QED) is 0.591. The van der Waals surface area contributed by atoms with Crippen LogP contribution in [0, 0.1) is 0 Å². The fourth-order valence-electron chi connectivity index (χ4n) is 1.80. The minimum Gasteiger partial charge on any atom is -0.293 e. The van der Waals surface area contributed by atoms with Crippen molar-refractivity contribution in [2.24, 2.45) is 0 Å². The summed E-state index contributed by atoms with van der Waals surface area (Å²) < 4.78 is 1.77. The second kappa shape index (κ2) is 5.43. The van der Waals surface area contributed by atoms with Gasteiger partial charge in [-0.05, 0) is 11.8 Å². The lowest BCUT2D eigenvalue weighted by Crippen LogP contribution is -2.44. The van der Waals surface area contributed by atoms with Gasteiger partial charge in [0.25, 0.3) is 0 Å². The predicted molar refractivity (Wildman–Crippen MR) is 64.6 cm³/mol. The van der Waals surface area contributed by atoms with Crippen LogP contribution in [0.15, 0.2) is 30.3 Å². The molecule has 3 nitrogen and oxygen atoms in total. The van der Waals surface area contributed by atoms with Crippen molar-refractivity contribution in [3.05, 3.63) is 35.9 Å². The highest BCUT2D eigenvalue weighted by Crippen LogP contribution is 2.06. The zero-order valence-corrected chi connectivity index (χ0v) is 9.86. The standard InChI is InChI=1S/C12H15ClN2O/c13-15-8-6-14(7-9-15)10-12(16)11-4-2-1-3-5-11/h1-5H,6-10H2. The van der Waals surface area contributed by atoms with E-state index in [0.717, 1.165) is 31.7 Å². The van der Waals surface area contributed by atoms with E-state index in [4.69, 9.17) is 11.8 Å². The van der Waals surface area contributed by atoms with E-state index in [0.29, 0.717) is 6.54 Å². The lowest BCUT2D eigenvalue weighted by atomic mass is 10.1. The molecule has 0 aliphatic carbocycles. The smallest absolute Gasteiger partial charge is 0.176 e. The Balaban J connectivity index is 1.88. The predicted octanol–water partition coefficient (Wildman–Crippen LogP) is 1.64. The van der Waals surface area contributed by atoms with Gasteiger partial charge < -0.3 is 0 Å². The summed E-state index contributed by atoms with van der Waals surface area (Å²) >= 11 is 5.86. The van der Waals surface area contributed by atoms with Crippen LogP contribution in [0.4, 0.5) is 0 Å². The molecule has 0 aromatic heterocycles. The van der Waals surface area contributed by atoms with E-state index < -0.39 is 0 Å². The number of halogens is 1. The van der Waals surface area contributed by atoms with E-state index >= 15 is 0 Å². The minimum atomic E-state index is 0.184. The van der Waals surface area contributed by atoms with Crippen molar-refractivity contribution < 1.29 is 4.79 Å². The molecule has 16 heavy (non-hydrogen) atoms. The normalized spacial score (nSPS) is 18.6. The first-order valence-corrected chi connectivity index (χ1v) is 5.81. The van der Waals surface area contributed by atoms with Gasteiger partial charge in [0, 0.05) is 31.7 Å². The van der Waals surface area contributed by atoms with Crippen molar-refractivity contribution in [3.8, 4) is 0 Å². The molecule has 1 aromatic carbocycles. The molecule has 0 radical (unpaired) electrons. The van der Waals surface area contributed by atoms with Crippen molar-refractivity contribution in [2.75, 3.05) is 32.7 Å². The average Bonchev–Trinajstić information content (AvgIpc) is 2.33. The van der Waals surface area contributed by atoms with E-state index in [9.17, 15) is 4.79 Å². The molecule has 4 heteroatoms. The Hall–Kier alpha value is -0.900. The highest BCUT2D eigenvalue weighted by atomic mass is 35.5. The largest absolute Gasteiger partial charge is 0.293 e. The van der Waals surface area contributed by atoms with Crippen LogP contribution in [0.5, 0.6) is 0 Å². The third kappa shape index (κ3) is 3.04. The maximum absolute atomic E-state index is 11.9. The SMILES string of the molecule is O=C(CN1CCN(Cl)CC1)c1ccccc1. The van der Waals surface area contributed by atoms with Gasteiger partial charge in [0.2, 0.25) is 0 Å². The topological polar surface area (TPSA) is 23.6 Å². The second-order valence-corrected chi connectivity index (χ2v) is 4.45. The van der Waals surface area contributed by atoms with Crippen LogP contribution in [-0.2, 0) is 0 Å². The van der Waals surface area contributed by atoms with Crippen molar-refractivity contribution in [1.29, 1.82) is 0 Å². The molecule has 0 unspecified atom stereocenters. The summed E-state index contributed by atoms with van der Waals surface area (Å²) in [6.07, 6.45) is 0. The first kappa shape index (κ1) is 11.6. The molecule has 86 valence electrons. The molecular formula is C12H15ClN2O. The first-order valence-electron chi connectivity index (χ1n) is 5.47. The first-order chi connectivity index (χ1) is 7.75. The second-order valence-electron chi connectivity index (χ2n) is 3.98. The van der Waals surface area contributed by atoms with E-state index in [2.05, 4.69) is 4.90 Å². The summed E-state index contributed by atoms with van der Waals surface area (Å²) in [5.41, 5.74) is 0.788.